The molecule has 2 fully saturated rings. The Bertz CT molecular complexity index is 501. The highest BCUT2D eigenvalue weighted by molar-refractivity contribution is 14.1. The molecule has 1 N–H and O–H groups in total. The third-order valence-electron chi connectivity index (χ3n) is 5.54. The second-order valence-corrected chi connectivity index (χ2v) is 8.56. The van der Waals surface area contributed by atoms with Gasteiger partial charge in [0, 0.05) is 21.3 Å². The summed E-state index contributed by atoms with van der Waals surface area (Å²) in [6.45, 7) is 0.557. The minimum atomic E-state index is 0.146. The third-order valence-corrected chi connectivity index (χ3v) is 6.26. The largest absolute Gasteiger partial charge is 0.325 e. The average Bonchev–Trinajstić information content (AvgIpc) is 2.63. The lowest BCUT2D eigenvalue weighted by atomic mass is 9.88. The molecule has 0 aromatic heterocycles. The Hall–Kier alpha value is -0.620. The number of benzene rings is 1. The first-order valence-corrected chi connectivity index (χ1v) is 10.6. The number of carbonyl (C=O) groups is 1. The summed E-state index contributed by atoms with van der Waals surface area (Å²) in [4.78, 5) is 15.2. The predicted octanol–water partition coefficient (Wildman–Crippen LogP) is 5.20. The Balaban J connectivity index is 1.63. The van der Waals surface area contributed by atoms with Crippen molar-refractivity contribution in [2.24, 2.45) is 0 Å². The van der Waals surface area contributed by atoms with Crippen LogP contribution < -0.4 is 5.32 Å². The van der Waals surface area contributed by atoms with E-state index in [2.05, 4.69) is 32.8 Å². The van der Waals surface area contributed by atoms with Crippen LogP contribution in [0.15, 0.2) is 24.3 Å². The van der Waals surface area contributed by atoms with Gasteiger partial charge in [0.05, 0.1) is 6.54 Å². The first kappa shape index (κ1) is 18.2. The van der Waals surface area contributed by atoms with Crippen LogP contribution in [-0.2, 0) is 4.79 Å². The van der Waals surface area contributed by atoms with Crippen molar-refractivity contribution in [3.63, 3.8) is 0 Å². The number of nitrogens with one attached hydrogen (secondary N) is 1. The fraction of sp³-hybridized carbons (Fsp3) is 0.650. The van der Waals surface area contributed by atoms with Crippen LogP contribution in [0.5, 0.6) is 0 Å². The Labute approximate surface area is 159 Å². The maximum Gasteiger partial charge on any atom is 0.238 e. The van der Waals surface area contributed by atoms with Gasteiger partial charge in [0.2, 0.25) is 5.91 Å². The number of hydrogen-bond donors (Lipinski definition) is 1. The number of nitrogens with zero attached hydrogens (tertiary/aromatic N) is 1. The summed E-state index contributed by atoms with van der Waals surface area (Å²) in [5.41, 5.74) is 0.910. The molecule has 3 nitrogen and oxygen atoms in total. The molecular weight excluding hydrogens is 411 g/mol. The minimum absolute atomic E-state index is 0.146. The molecule has 0 unspecified atom stereocenters. The summed E-state index contributed by atoms with van der Waals surface area (Å²) in [5, 5.41) is 3.09. The van der Waals surface area contributed by atoms with Gasteiger partial charge in [0.1, 0.15) is 0 Å². The van der Waals surface area contributed by atoms with E-state index < -0.39 is 0 Å². The lowest BCUT2D eigenvalue weighted by Crippen LogP contribution is -2.48. The lowest BCUT2D eigenvalue weighted by Gasteiger charge is -2.41. The highest BCUT2D eigenvalue weighted by atomic mass is 127. The monoisotopic (exact) mass is 440 g/mol. The van der Waals surface area contributed by atoms with Crippen LogP contribution in [0.4, 0.5) is 5.69 Å². The molecule has 0 aliphatic heterocycles. The van der Waals surface area contributed by atoms with Crippen molar-refractivity contribution in [3.8, 4) is 0 Å². The lowest BCUT2D eigenvalue weighted by molar-refractivity contribution is -0.119. The summed E-state index contributed by atoms with van der Waals surface area (Å²) >= 11 is 2.29. The van der Waals surface area contributed by atoms with Crippen molar-refractivity contribution in [3.05, 3.63) is 27.8 Å². The number of amides is 1. The Morgan fingerprint density at radius 2 is 1.42 bits per heavy atom. The number of anilines is 1. The Kier molecular flexibility index (Phi) is 6.95. The molecule has 132 valence electrons. The molecule has 4 heteroatoms. The van der Waals surface area contributed by atoms with Crippen LogP contribution in [0.3, 0.4) is 0 Å². The van der Waals surface area contributed by atoms with E-state index in [1.165, 1.54) is 67.8 Å². The van der Waals surface area contributed by atoms with Crippen molar-refractivity contribution < 1.29 is 4.79 Å². The molecule has 1 aromatic rings. The molecule has 24 heavy (non-hydrogen) atoms. The molecule has 2 saturated carbocycles. The summed E-state index contributed by atoms with van der Waals surface area (Å²) in [6, 6.07) is 9.29. The van der Waals surface area contributed by atoms with E-state index in [-0.39, 0.29) is 5.91 Å². The van der Waals surface area contributed by atoms with Gasteiger partial charge in [-0.3, -0.25) is 9.69 Å². The first-order valence-electron chi connectivity index (χ1n) is 9.53. The summed E-state index contributed by atoms with van der Waals surface area (Å²) in [7, 11) is 0. The van der Waals surface area contributed by atoms with Crippen LogP contribution in [0.25, 0.3) is 0 Å². The van der Waals surface area contributed by atoms with Gasteiger partial charge in [-0.05, 0) is 72.5 Å². The van der Waals surface area contributed by atoms with E-state index in [1.807, 2.05) is 24.3 Å². The highest BCUT2D eigenvalue weighted by Gasteiger charge is 2.30. The van der Waals surface area contributed by atoms with Crippen LogP contribution in [0, 0.1) is 3.57 Å². The molecule has 1 aromatic carbocycles. The summed E-state index contributed by atoms with van der Waals surface area (Å²) in [5.74, 6) is 0.146. The first-order chi connectivity index (χ1) is 11.7. The Morgan fingerprint density at radius 3 is 1.92 bits per heavy atom. The maximum absolute atomic E-state index is 12.6. The smallest absolute Gasteiger partial charge is 0.238 e. The van der Waals surface area contributed by atoms with Gasteiger partial charge in [0.25, 0.3) is 0 Å². The SMILES string of the molecule is O=C(CN(C1CCCCC1)C1CCCCC1)Nc1ccc(I)cc1. The minimum Gasteiger partial charge on any atom is -0.325 e. The molecule has 1 amide bonds. The zero-order valence-corrected chi connectivity index (χ0v) is 16.6. The third kappa shape index (κ3) is 5.19. The van der Waals surface area contributed by atoms with Crippen molar-refractivity contribution in [1.82, 2.24) is 4.90 Å². The number of halogens is 1. The van der Waals surface area contributed by atoms with Crippen LogP contribution in [0.1, 0.15) is 64.2 Å². The molecule has 3 rings (SSSR count). The van der Waals surface area contributed by atoms with E-state index in [0.29, 0.717) is 18.6 Å². The van der Waals surface area contributed by atoms with Crippen LogP contribution in [0.2, 0.25) is 0 Å². The molecular formula is C20H29IN2O. The fourth-order valence-corrected chi connectivity index (χ4v) is 4.64. The van der Waals surface area contributed by atoms with Crippen molar-refractivity contribution in [2.75, 3.05) is 11.9 Å². The maximum atomic E-state index is 12.6. The van der Waals surface area contributed by atoms with Gasteiger partial charge in [0.15, 0.2) is 0 Å². The van der Waals surface area contributed by atoms with Crippen molar-refractivity contribution in [2.45, 2.75) is 76.3 Å². The van der Waals surface area contributed by atoms with E-state index in [0.717, 1.165) is 5.69 Å². The molecule has 2 aliphatic carbocycles. The molecule has 0 atom stereocenters. The van der Waals surface area contributed by atoms with E-state index in [4.69, 9.17) is 0 Å². The molecule has 0 heterocycles. The standard InChI is InChI=1S/C20H29IN2O/c21-16-11-13-17(14-12-16)22-20(24)15-23(18-7-3-1-4-8-18)19-9-5-2-6-10-19/h11-14,18-19H,1-10,15H2,(H,22,24). The molecule has 0 radical (unpaired) electrons. The number of rotatable bonds is 5. The van der Waals surface area contributed by atoms with Gasteiger partial charge in [-0.1, -0.05) is 38.5 Å². The topological polar surface area (TPSA) is 32.3 Å². The molecule has 0 saturated heterocycles. The predicted molar refractivity (Wildman–Crippen MR) is 108 cm³/mol. The number of hydrogen-bond acceptors (Lipinski definition) is 2. The van der Waals surface area contributed by atoms with Crippen molar-refractivity contribution in [1.29, 1.82) is 0 Å². The van der Waals surface area contributed by atoms with Gasteiger partial charge < -0.3 is 5.32 Å². The summed E-state index contributed by atoms with van der Waals surface area (Å²) in [6.07, 6.45) is 13.1. The van der Waals surface area contributed by atoms with Gasteiger partial charge in [-0.2, -0.15) is 0 Å². The zero-order chi connectivity index (χ0) is 16.8. The summed E-state index contributed by atoms with van der Waals surface area (Å²) < 4.78 is 1.19. The van der Waals surface area contributed by atoms with E-state index >= 15 is 0 Å². The number of carbonyl (C=O) groups excluding carboxylic acids is 1. The van der Waals surface area contributed by atoms with E-state index in [1.54, 1.807) is 0 Å². The van der Waals surface area contributed by atoms with Gasteiger partial charge in [-0.15, -0.1) is 0 Å². The average molecular weight is 440 g/mol. The van der Waals surface area contributed by atoms with Gasteiger partial charge in [-0.25, -0.2) is 0 Å². The van der Waals surface area contributed by atoms with Gasteiger partial charge >= 0.3 is 0 Å². The second-order valence-electron chi connectivity index (χ2n) is 7.31. The van der Waals surface area contributed by atoms with Crippen LogP contribution >= 0.6 is 22.6 Å². The normalized spacial score (nSPS) is 20.2. The van der Waals surface area contributed by atoms with E-state index in [9.17, 15) is 4.79 Å². The highest BCUT2D eigenvalue weighted by Crippen LogP contribution is 2.30. The van der Waals surface area contributed by atoms with Crippen LogP contribution in [-0.4, -0.2) is 29.4 Å². The molecule has 0 spiro atoms. The fourth-order valence-electron chi connectivity index (χ4n) is 4.28. The van der Waals surface area contributed by atoms with Crippen molar-refractivity contribution >= 4 is 34.2 Å². The quantitative estimate of drug-likeness (QED) is 0.639. The Morgan fingerprint density at radius 1 is 0.917 bits per heavy atom. The molecule has 2 aliphatic rings. The second kappa shape index (κ2) is 9.18. The molecule has 0 bridgehead atoms. The zero-order valence-electron chi connectivity index (χ0n) is 14.5.